The van der Waals surface area contributed by atoms with Crippen molar-refractivity contribution in [2.24, 2.45) is 0 Å². The molecule has 49 valence electrons. The van der Waals surface area contributed by atoms with Gasteiger partial charge in [-0.25, -0.2) is 4.57 Å². The number of rotatable bonds is 0. The van der Waals surface area contributed by atoms with Crippen LogP contribution < -0.4 is 0 Å². The normalized spacial score (nSPS) is 7.38. The minimum absolute atomic E-state index is 0. The smallest absolute Gasteiger partial charge is 0 e. The van der Waals surface area contributed by atoms with Crippen molar-refractivity contribution in [2.45, 2.75) is 0 Å². The average Bonchev–Trinajstić information content (AvgIpc) is 0.722. The summed E-state index contributed by atoms with van der Waals surface area (Å²) in [7, 11) is -4.64. The van der Waals surface area contributed by atoms with Crippen molar-refractivity contribution in [1.29, 1.82) is 0 Å². The molecule has 0 amide bonds. The topological polar surface area (TPSA) is 77.8 Å². The van der Waals surface area contributed by atoms with Crippen molar-refractivity contribution in [1.82, 2.24) is 0 Å². The van der Waals surface area contributed by atoms with Gasteiger partial charge in [-0.1, -0.05) is 0 Å². The van der Waals surface area contributed by atoms with Gasteiger partial charge >= 0.3 is 37.4 Å². The van der Waals surface area contributed by atoms with E-state index in [1.54, 1.807) is 0 Å². The van der Waals surface area contributed by atoms with Gasteiger partial charge < -0.3 is 14.7 Å². The third kappa shape index (κ3) is 76.1. The summed E-state index contributed by atoms with van der Waals surface area (Å²) in [6, 6.07) is 0. The third-order valence-electron chi connectivity index (χ3n) is 0. The van der Waals surface area contributed by atoms with Crippen LogP contribution in [0.1, 0.15) is 0 Å². The first kappa shape index (κ1) is 22.4. The number of phosphoric acid groups is 1. The minimum Gasteiger partial charge on any atom is 0 e. The van der Waals surface area contributed by atoms with Gasteiger partial charge in [0.15, 0.2) is 0 Å². The standard InChI is InChI=1S/Cu.Na.H3O4P.Zr.H/c;;1-5(2,3)4;;/h;;(H3,1,2,3,4);;. The molecule has 0 unspecified atom stereocenters. The van der Waals surface area contributed by atoms with Crippen LogP contribution in [0.4, 0.5) is 0 Å². The molecule has 0 aliphatic rings. The van der Waals surface area contributed by atoms with E-state index in [2.05, 4.69) is 0 Å². The van der Waals surface area contributed by atoms with Crippen LogP contribution in [0.15, 0.2) is 0 Å². The third-order valence-corrected chi connectivity index (χ3v) is 0. The van der Waals surface area contributed by atoms with E-state index in [0.29, 0.717) is 0 Å². The largest absolute Gasteiger partial charge is 0 e. The van der Waals surface area contributed by atoms with Crippen LogP contribution in [0.25, 0.3) is 0 Å². The van der Waals surface area contributed by atoms with Gasteiger partial charge in [0.25, 0.3) is 0 Å². The summed E-state index contributed by atoms with van der Waals surface area (Å²) in [6.07, 6.45) is 0. The maximum Gasteiger partial charge on any atom is 0 e. The molecule has 0 heterocycles. The molecule has 0 aromatic heterocycles. The van der Waals surface area contributed by atoms with E-state index < -0.39 is 7.82 Å². The Kier molecular flexibility index (Phi) is 26.7. The summed E-state index contributed by atoms with van der Waals surface area (Å²) in [4.78, 5) is 21.6. The first-order valence-corrected chi connectivity index (χ1v) is 2.35. The first-order chi connectivity index (χ1) is 2.00. The Hall–Kier alpha value is 2.51. The van der Waals surface area contributed by atoms with Crippen LogP contribution in [0.2, 0.25) is 0 Å². The van der Waals surface area contributed by atoms with Gasteiger partial charge in [0, 0.05) is 43.3 Å². The quantitative estimate of drug-likeness (QED) is 0.369. The summed E-state index contributed by atoms with van der Waals surface area (Å²) in [5.41, 5.74) is 0. The Labute approximate surface area is 98.6 Å². The predicted octanol–water partition coefficient (Wildman–Crippen LogP) is -1.58. The second kappa shape index (κ2) is 9.51. The molecule has 0 spiro atoms. The molecule has 0 fully saturated rings. The fraction of sp³-hybridized carbons (Fsp3) is 0. The van der Waals surface area contributed by atoms with Crippen molar-refractivity contribution in [3.05, 3.63) is 0 Å². The molecule has 0 saturated carbocycles. The molecular weight excluding hydrogens is 273 g/mol. The monoisotopic (exact) mass is 275 g/mol. The molecule has 0 rings (SSSR count). The molecule has 1 radical (unpaired) electrons. The van der Waals surface area contributed by atoms with Crippen LogP contribution >= 0.6 is 7.82 Å². The number of hydrogen-bond donors (Lipinski definition) is 3. The molecular formula is H4CuNaO4PZr. The predicted molar refractivity (Wildman–Crippen MR) is 21.4 cm³/mol. The molecule has 3 N–H and O–H groups in total. The first-order valence-electron chi connectivity index (χ1n) is 0.783. The van der Waals surface area contributed by atoms with Gasteiger partial charge in [-0.05, 0) is 0 Å². The second-order valence-corrected chi connectivity index (χ2v) is 1.54. The Morgan fingerprint density at radius 3 is 1.12 bits per heavy atom. The van der Waals surface area contributed by atoms with E-state index in [9.17, 15) is 0 Å². The molecule has 8 heteroatoms. The fourth-order valence-corrected chi connectivity index (χ4v) is 0. The van der Waals surface area contributed by atoms with Gasteiger partial charge in [0.05, 0.1) is 0 Å². The van der Waals surface area contributed by atoms with E-state index in [1.165, 1.54) is 0 Å². The van der Waals surface area contributed by atoms with E-state index in [-0.39, 0.29) is 72.8 Å². The van der Waals surface area contributed by atoms with Gasteiger partial charge in [-0.15, -0.1) is 0 Å². The van der Waals surface area contributed by atoms with Crippen LogP contribution in [0.3, 0.4) is 0 Å². The molecule has 8 heavy (non-hydrogen) atoms. The second-order valence-electron chi connectivity index (χ2n) is 0.513. The summed E-state index contributed by atoms with van der Waals surface area (Å²) in [5.74, 6) is 0. The maximum absolute atomic E-state index is 8.88. The molecule has 0 aromatic carbocycles. The Balaban J connectivity index is -0.0000000267. The van der Waals surface area contributed by atoms with Crippen molar-refractivity contribution < 1.29 is 62.5 Å². The van der Waals surface area contributed by atoms with Crippen molar-refractivity contribution in [3.8, 4) is 0 Å². The molecule has 0 bridgehead atoms. The zero-order valence-electron chi connectivity index (χ0n) is 3.00. The Bertz CT molecular complexity index is 62.2. The van der Waals surface area contributed by atoms with Crippen LogP contribution in [0.5, 0.6) is 0 Å². The summed E-state index contributed by atoms with van der Waals surface area (Å²) >= 11 is 0. The van der Waals surface area contributed by atoms with Gasteiger partial charge in [0.2, 0.25) is 0 Å². The molecule has 0 aliphatic carbocycles. The van der Waals surface area contributed by atoms with Crippen LogP contribution in [-0.4, -0.2) is 44.2 Å². The summed E-state index contributed by atoms with van der Waals surface area (Å²) < 4.78 is 8.88. The molecule has 0 aromatic rings. The van der Waals surface area contributed by atoms with Crippen molar-refractivity contribution in [2.75, 3.05) is 0 Å². The van der Waals surface area contributed by atoms with Gasteiger partial charge in [-0.3, -0.25) is 0 Å². The van der Waals surface area contributed by atoms with E-state index in [0.717, 1.165) is 0 Å². The molecule has 0 aliphatic heterocycles. The molecule has 4 nitrogen and oxygen atoms in total. The average molecular weight is 277 g/mol. The van der Waals surface area contributed by atoms with Crippen LogP contribution in [0, 0.1) is 0 Å². The van der Waals surface area contributed by atoms with Gasteiger partial charge in [-0.2, -0.15) is 0 Å². The Morgan fingerprint density at radius 2 is 1.12 bits per heavy atom. The summed E-state index contributed by atoms with van der Waals surface area (Å²) in [6.45, 7) is 0. The van der Waals surface area contributed by atoms with Crippen molar-refractivity contribution in [3.63, 3.8) is 0 Å². The van der Waals surface area contributed by atoms with Crippen LogP contribution in [-0.2, 0) is 47.8 Å². The fourth-order valence-electron chi connectivity index (χ4n) is 0. The van der Waals surface area contributed by atoms with E-state index in [1.807, 2.05) is 0 Å². The SMILES string of the molecule is O=P(O)(O)O.[Cu].[NaH].[Zr]. The minimum atomic E-state index is -4.64. The zero-order chi connectivity index (χ0) is 4.50. The number of hydrogen-bond acceptors (Lipinski definition) is 1. The van der Waals surface area contributed by atoms with E-state index in [4.69, 9.17) is 19.2 Å². The summed E-state index contributed by atoms with van der Waals surface area (Å²) in [5, 5.41) is 0. The zero-order valence-corrected chi connectivity index (χ0v) is 7.29. The molecule has 0 saturated heterocycles. The molecule has 0 atom stereocenters. The Morgan fingerprint density at radius 1 is 1.12 bits per heavy atom. The maximum atomic E-state index is 8.88. The van der Waals surface area contributed by atoms with E-state index >= 15 is 0 Å². The van der Waals surface area contributed by atoms with Crippen molar-refractivity contribution >= 4 is 37.4 Å². The van der Waals surface area contributed by atoms with Gasteiger partial charge in [0.1, 0.15) is 0 Å².